The summed E-state index contributed by atoms with van der Waals surface area (Å²) in [6, 6.07) is 28.3. The van der Waals surface area contributed by atoms with Crippen molar-refractivity contribution >= 4 is 35.0 Å². The molecule has 238 valence electrons. The molecule has 0 saturated carbocycles. The maximum atomic E-state index is 12.2. The summed E-state index contributed by atoms with van der Waals surface area (Å²) in [7, 11) is 1.64. The molecular formula is C34H36NNaO10. The van der Waals surface area contributed by atoms with Gasteiger partial charge in [-0.2, -0.15) is 0 Å². The topological polar surface area (TPSA) is 163 Å². The van der Waals surface area contributed by atoms with E-state index in [4.69, 9.17) is 14.6 Å². The first-order valence-corrected chi connectivity index (χ1v) is 14.2. The summed E-state index contributed by atoms with van der Waals surface area (Å²) in [5.41, 5.74) is 2.76. The van der Waals surface area contributed by atoms with Crippen molar-refractivity contribution in [2.24, 2.45) is 0 Å². The Hall–Kier alpha value is -4.00. The number of nitrogens with zero attached hydrogens (tertiary/aromatic N) is 1. The van der Waals surface area contributed by atoms with Gasteiger partial charge in [0.15, 0.2) is 6.61 Å². The third-order valence-electron chi connectivity index (χ3n) is 6.78. The van der Waals surface area contributed by atoms with Crippen molar-refractivity contribution in [1.29, 1.82) is 0 Å². The first-order valence-electron chi connectivity index (χ1n) is 14.2. The fourth-order valence-corrected chi connectivity index (χ4v) is 4.50. The van der Waals surface area contributed by atoms with Crippen LogP contribution in [0.25, 0.3) is 11.1 Å². The molecule has 0 aromatic heterocycles. The van der Waals surface area contributed by atoms with Crippen LogP contribution in [0.5, 0.6) is 5.75 Å². The van der Waals surface area contributed by atoms with E-state index in [1.54, 1.807) is 11.9 Å². The fourth-order valence-electron chi connectivity index (χ4n) is 4.50. The van der Waals surface area contributed by atoms with Crippen molar-refractivity contribution in [2.75, 3.05) is 33.5 Å². The van der Waals surface area contributed by atoms with Gasteiger partial charge in [0.1, 0.15) is 24.7 Å². The molecule has 0 heterocycles. The second kappa shape index (κ2) is 18.8. The molecule has 3 aromatic rings. The number of carbonyl (C=O) groups excluding carboxylic acids is 3. The van der Waals surface area contributed by atoms with E-state index in [1.807, 2.05) is 60.7 Å². The average molecular weight is 642 g/mol. The zero-order chi connectivity index (χ0) is 32.8. The Labute approximate surface area is 289 Å². The summed E-state index contributed by atoms with van der Waals surface area (Å²) in [5.74, 6) is -5.36. The number of carboxylic acid groups (broad SMARTS) is 2. The Bertz CT molecular complexity index is 1480. The number of benzene rings is 3. The van der Waals surface area contributed by atoms with Gasteiger partial charge >= 0.3 is 47.5 Å². The number of likely N-dealkylation sites (N-methyl/N-ethyl adjacent to an activating group) is 1. The van der Waals surface area contributed by atoms with Crippen molar-refractivity contribution in [3.05, 3.63) is 102 Å². The van der Waals surface area contributed by atoms with Crippen LogP contribution in [0.15, 0.2) is 84.9 Å². The molecule has 11 nitrogen and oxygen atoms in total. The number of hydrogen-bond acceptors (Lipinski definition) is 10. The summed E-state index contributed by atoms with van der Waals surface area (Å²) in [6.07, 6.45) is -1.44. The maximum absolute atomic E-state index is 12.2. The van der Waals surface area contributed by atoms with Crippen LogP contribution in [0.1, 0.15) is 42.9 Å². The van der Waals surface area contributed by atoms with E-state index in [1.165, 1.54) is 5.57 Å². The van der Waals surface area contributed by atoms with E-state index in [9.17, 15) is 29.4 Å². The first-order chi connectivity index (χ1) is 21.5. The van der Waals surface area contributed by atoms with Crippen molar-refractivity contribution < 1.29 is 78.3 Å². The number of rotatable bonds is 17. The third-order valence-corrected chi connectivity index (χ3v) is 6.78. The van der Waals surface area contributed by atoms with E-state index in [0.717, 1.165) is 28.7 Å². The number of ether oxygens (including phenoxy) is 3. The van der Waals surface area contributed by atoms with E-state index in [-0.39, 0.29) is 42.9 Å². The van der Waals surface area contributed by atoms with Gasteiger partial charge in [0, 0.05) is 6.54 Å². The molecule has 0 amide bonds. The second-order valence-corrected chi connectivity index (χ2v) is 10.3. The molecule has 12 heteroatoms. The maximum Gasteiger partial charge on any atom is 1.00 e. The molecule has 0 bridgehead atoms. The second-order valence-electron chi connectivity index (χ2n) is 10.3. The van der Waals surface area contributed by atoms with Crippen LogP contribution in [-0.4, -0.2) is 78.1 Å². The van der Waals surface area contributed by atoms with Crippen molar-refractivity contribution in [2.45, 2.75) is 31.8 Å². The molecule has 0 radical (unpaired) electrons. The predicted molar refractivity (Wildman–Crippen MR) is 162 cm³/mol. The molecule has 3 rings (SSSR count). The molecule has 0 fully saturated rings. The van der Waals surface area contributed by atoms with Gasteiger partial charge in [0.25, 0.3) is 0 Å². The fraction of sp³-hybridized carbons (Fsp3) is 0.294. The number of hydrogen-bond donors (Lipinski definition) is 2. The molecule has 1 atom stereocenters. The average Bonchev–Trinajstić information content (AvgIpc) is 3.02. The smallest absolute Gasteiger partial charge is 0.547 e. The predicted octanol–water partition coefficient (Wildman–Crippen LogP) is -0.240. The van der Waals surface area contributed by atoms with Crippen LogP contribution in [-0.2, 0) is 28.7 Å². The van der Waals surface area contributed by atoms with E-state index in [2.05, 4.69) is 35.9 Å². The normalized spacial score (nSPS) is 12.6. The number of carboxylic acids is 2. The zero-order valence-corrected chi connectivity index (χ0v) is 28.1. The molecule has 0 spiro atoms. The largest absolute Gasteiger partial charge is 1.00 e. The van der Waals surface area contributed by atoms with Crippen molar-refractivity contribution in [3.63, 3.8) is 0 Å². The van der Waals surface area contributed by atoms with Crippen LogP contribution in [0.4, 0.5) is 0 Å². The van der Waals surface area contributed by atoms with E-state index >= 15 is 0 Å². The molecule has 1 unspecified atom stereocenters. The van der Waals surface area contributed by atoms with Gasteiger partial charge in [-0.25, -0.2) is 4.79 Å². The molecule has 2 N–H and O–H groups in total. The number of aliphatic carboxylic acids is 2. The SMILES string of the molecule is CC/C(=C(\c1ccccc1)c1ccc(OCCN(C)COC(=O)CC(O)(CC(=O)OCC(=O)O)C(=O)[O-])cc1)c1ccccc1.[Na+]. The third kappa shape index (κ3) is 11.7. The first kappa shape index (κ1) is 38.2. The minimum absolute atomic E-state index is 0. The molecule has 0 aliphatic heterocycles. The zero-order valence-electron chi connectivity index (χ0n) is 26.1. The summed E-state index contributed by atoms with van der Waals surface area (Å²) < 4.78 is 15.2. The number of allylic oxidation sites excluding steroid dienone is 1. The Balaban J connectivity index is 0.00000736. The van der Waals surface area contributed by atoms with Crippen molar-refractivity contribution in [1.82, 2.24) is 4.90 Å². The summed E-state index contributed by atoms with van der Waals surface area (Å²) in [4.78, 5) is 47.3. The molecule has 3 aromatic carbocycles. The number of carbonyl (C=O) groups is 4. The van der Waals surface area contributed by atoms with Gasteiger partial charge in [-0.3, -0.25) is 14.5 Å². The molecular weight excluding hydrogens is 605 g/mol. The quantitative estimate of drug-likeness (QED) is 0.0866. The standard InChI is InChI=1S/C34H37NO10.Na/c1-3-28(24-10-6-4-7-11-24)32(25-12-8-5-9-13-25)26-14-16-27(17-15-26)43-19-18-35(2)23-45-31(39)21-34(42,33(40)41)20-30(38)44-22-29(36)37;/h4-17,42H,3,18-23H2,1-2H3,(H,36,37)(H,40,41);/q;+1/p-1/b32-28-;. The van der Waals surface area contributed by atoms with Gasteiger partial charge in [0.05, 0.1) is 18.8 Å². The van der Waals surface area contributed by atoms with Crippen LogP contribution in [0.3, 0.4) is 0 Å². The summed E-state index contributed by atoms with van der Waals surface area (Å²) in [6.45, 7) is 1.45. The molecule has 0 aliphatic rings. The van der Waals surface area contributed by atoms with Gasteiger partial charge in [-0.05, 0) is 53.4 Å². The number of esters is 2. The Morgan fingerprint density at radius 2 is 1.33 bits per heavy atom. The van der Waals surface area contributed by atoms with Crippen molar-refractivity contribution in [3.8, 4) is 5.75 Å². The monoisotopic (exact) mass is 641 g/mol. The van der Waals surface area contributed by atoms with Crippen LogP contribution in [0.2, 0.25) is 0 Å². The summed E-state index contributed by atoms with van der Waals surface area (Å²) in [5, 5.41) is 30.1. The Morgan fingerprint density at radius 3 is 1.85 bits per heavy atom. The van der Waals surface area contributed by atoms with Crippen LogP contribution >= 0.6 is 0 Å². The van der Waals surface area contributed by atoms with Crippen LogP contribution in [0, 0.1) is 0 Å². The minimum Gasteiger partial charge on any atom is -0.547 e. The van der Waals surface area contributed by atoms with E-state index in [0.29, 0.717) is 12.3 Å². The van der Waals surface area contributed by atoms with Gasteiger partial charge < -0.3 is 34.3 Å². The Morgan fingerprint density at radius 1 is 0.804 bits per heavy atom. The summed E-state index contributed by atoms with van der Waals surface area (Å²) >= 11 is 0. The molecule has 0 saturated heterocycles. The van der Waals surface area contributed by atoms with Crippen LogP contribution < -0.4 is 39.4 Å². The minimum atomic E-state index is -2.92. The Kier molecular flexibility index (Phi) is 15.6. The van der Waals surface area contributed by atoms with Gasteiger partial charge in [-0.1, -0.05) is 79.7 Å². The number of aliphatic hydroxyl groups is 1. The molecule has 46 heavy (non-hydrogen) atoms. The van der Waals surface area contributed by atoms with Gasteiger partial charge in [-0.15, -0.1) is 0 Å². The molecule has 0 aliphatic carbocycles. The van der Waals surface area contributed by atoms with E-state index < -0.39 is 48.9 Å². The van der Waals surface area contributed by atoms with Gasteiger partial charge in [0.2, 0.25) is 0 Å².